The summed E-state index contributed by atoms with van der Waals surface area (Å²) >= 11 is 4.47. The Morgan fingerprint density at radius 2 is 2.15 bits per heavy atom. The van der Waals surface area contributed by atoms with E-state index in [1.807, 2.05) is 23.1 Å². The van der Waals surface area contributed by atoms with E-state index in [9.17, 15) is 0 Å². The number of thiol groups is 1. The third kappa shape index (κ3) is 1.90. The molecule has 0 amide bonds. The molecule has 0 unspecified atom stereocenters. The lowest BCUT2D eigenvalue weighted by Gasteiger charge is -2.26. The van der Waals surface area contributed by atoms with Gasteiger partial charge in [0.25, 0.3) is 0 Å². The summed E-state index contributed by atoms with van der Waals surface area (Å²) in [6, 6.07) is 1.99. The summed E-state index contributed by atoms with van der Waals surface area (Å²) in [5.41, 5.74) is 0.426. The molecule has 1 heterocycles. The lowest BCUT2D eigenvalue weighted by molar-refractivity contribution is 0.276. The molecule has 2 nitrogen and oxygen atoms in total. The van der Waals surface area contributed by atoms with Gasteiger partial charge in [0.15, 0.2) is 0 Å². The molecule has 0 spiro atoms. The topological polar surface area (TPSA) is 17.8 Å². The maximum absolute atomic E-state index is 4.47. The summed E-state index contributed by atoms with van der Waals surface area (Å²) < 4.78 is 2.04. The Bertz CT molecular complexity index is 250. The maximum Gasteiger partial charge on any atom is 0.0489 e. The van der Waals surface area contributed by atoms with Crippen molar-refractivity contribution in [2.24, 2.45) is 5.41 Å². The van der Waals surface area contributed by atoms with Crippen LogP contribution in [0.3, 0.4) is 0 Å². The standard InChI is InChI=1S/C10H16N2S/c13-9-10(4-1-2-5-10)8-12-7-3-6-11-12/h3,6-7,13H,1-2,4-5,8-9H2. The van der Waals surface area contributed by atoms with Crippen LogP contribution in [0.15, 0.2) is 18.5 Å². The Balaban J connectivity index is 2.06. The van der Waals surface area contributed by atoms with Crippen molar-refractivity contribution in [1.82, 2.24) is 9.78 Å². The normalized spacial score (nSPS) is 20.7. The largest absolute Gasteiger partial charge is 0.272 e. The molecule has 0 saturated heterocycles. The van der Waals surface area contributed by atoms with Crippen LogP contribution in [0.4, 0.5) is 0 Å². The fraction of sp³-hybridized carbons (Fsp3) is 0.700. The van der Waals surface area contributed by atoms with Gasteiger partial charge in [0.05, 0.1) is 0 Å². The molecule has 1 aromatic rings. The minimum absolute atomic E-state index is 0.426. The zero-order valence-corrected chi connectivity index (χ0v) is 8.71. The third-order valence-electron chi connectivity index (χ3n) is 3.06. The quantitative estimate of drug-likeness (QED) is 0.735. The van der Waals surface area contributed by atoms with E-state index in [1.165, 1.54) is 25.7 Å². The van der Waals surface area contributed by atoms with Gasteiger partial charge < -0.3 is 0 Å². The molecule has 0 radical (unpaired) electrons. The molecular weight excluding hydrogens is 180 g/mol. The van der Waals surface area contributed by atoms with Crippen molar-refractivity contribution in [1.29, 1.82) is 0 Å². The van der Waals surface area contributed by atoms with Gasteiger partial charge in [0.1, 0.15) is 0 Å². The molecule has 0 atom stereocenters. The van der Waals surface area contributed by atoms with Crippen LogP contribution in [0.2, 0.25) is 0 Å². The molecule has 1 aliphatic rings. The number of rotatable bonds is 3. The summed E-state index contributed by atoms with van der Waals surface area (Å²) in [4.78, 5) is 0. The van der Waals surface area contributed by atoms with Gasteiger partial charge in [-0.3, -0.25) is 4.68 Å². The molecular formula is C10H16N2S. The summed E-state index contributed by atoms with van der Waals surface area (Å²) in [5, 5.41) is 4.26. The molecule has 0 aromatic carbocycles. The number of aromatic nitrogens is 2. The maximum atomic E-state index is 4.47. The fourth-order valence-corrected chi connectivity index (χ4v) is 2.65. The first kappa shape index (κ1) is 9.13. The van der Waals surface area contributed by atoms with Crippen molar-refractivity contribution < 1.29 is 0 Å². The first-order valence-electron chi connectivity index (χ1n) is 4.93. The number of nitrogens with zero attached hydrogens (tertiary/aromatic N) is 2. The van der Waals surface area contributed by atoms with Crippen LogP contribution in [-0.2, 0) is 6.54 Å². The van der Waals surface area contributed by atoms with Gasteiger partial charge in [-0.2, -0.15) is 17.7 Å². The Morgan fingerprint density at radius 1 is 1.38 bits per heavy atom. The second kappa shape index (κ2) is 3.74. The molecule has 72 valence electrons. The highest BCUT2D eigenvalue weighted by atomic mass is 32.1. The van der Waals surface area contributed by atoms with Crippen LogP contribution in [0, 0.1) is 5.41 Å². The fourth-order valence-electron chi connectivity index (χ4n) is 2.23. The van der Waals surface area contributed by atoms with E-state index in [0.717, 1.165) is 12.3 Å². The lowest BCUT2D eigenvalue weighted by Crippen LogP contribution is -2.25. The van der Waals surface area contributed by atoms with Crippen molar-refractivity contribution in [3.8, 4) is 0 Å². The molecule has 0 N–H and O–H groups in total. The smallest absolute Gasteiger partial charge is 0.0489 e. The van der Waals surface area contributed by atoms with E-state index >= 15 is 0 Å². The Morgan fingerprint density at radius 3 is 2.69 bits per heavy atom. The Hall–Kier alpha value is -0.440. The predicted molar refractivity (Wildman–Crippen MR) is 57.0 cm³/mol. The number of hydrogen-bond donors (Lipinski definition) is 1. The average Bonchev–Trinajstić information content (AvgIpc) is 2.77. The van der Waals surface area contributed by atoms with Gasteiger partial charge in [-0.25, -0.2) is 0 Å². The Labute approximate surface area is 84.7 Å². The zero-order valence-electron chi connectivity index (χ0n) is 7.82. The van der Waals surface area contributed by atoms with Gasteiger partial charge >= 0.3 is 0 Å². The SMILES string of the molecule is SCC1(Cn2cccn2)CCCC1. The molecule has 13 heavy (non-hydrogen) atoms. The monoisotopic (exact) mass is 196 g/mol. The number of hydrogen-bond acceptors (Lipinski definition) is 2. The van der Waals surface area contributed by atoms with Crippen LogP contribution in [0.25, 0.3) is 0 Å². The van der Waals surface area contributed by atoms with Crippen molar-refractivity contribution in [3.63, 3.8) is 0 Å². The minimum atomic E-state index is 0.426. The molecule has 1 fully saturated rings. The zero-order chi connectivity index (χ0) is 9.15. The second-order valence-corrected chi connectivity index (χ2v) is 4.39. The molecule has 2 rings (SSSR count). The van der Waals surface area contributed by atoms with Crippen LogP contribution < -0.4 is 0 Å². The van der Waals surface area contributed by atoms with Gasteiger partial charge in [0.2, 0.25) is 0 Å². The molecule has 1 aliphatic carbocycles. The molecule has 0 bridgehead atoms. The average molecular weight is 196 g/mol. The van der Waals surface area contributed by atoms with Crippen LogP contribution in [0.5, 0.6) is 0 Å². The highest BCUT2D eigenvalue weighted by Crippen LogP contribution is 2.40. The first-order chi connectivity index (χ1) is 6.35. The van der Waals surface area contributed by atoms with Crippen molar-refractivity contribution in [2.45, 2.75) is 32.2 Å². The van der Waals surface area contributed by atoms with Crippen LogP contribution in [-0.4, -0.2) is 15.5 Å². The molecule has 3 heteroatoms. The highest BCUT2D eigenvalue weighted by Gasteiger charge is 2.32. The predicted octanol–water partition coefficient (Wildman–Crippen LogP) is 2.37. The van der Waals surface area contributed by atoms with Gasteiger partial charge in [-0.1, -0.05) is 12.8 Å². The third-order valence-corrected chi connectivity index (χ3v) is 3.73. The highest BCUT2D eigenvalue weighted by molar-refractivity contribution is 7.80. The summed E-state index contributed by atoms with van der Waals surface area (Å²) in [6.45, 7) is 1.05. The molecule has 1 saturated carbocycles. The molecule has 1 aromatic heterocycles. The van der Waals surface area contributed by atoms with Gasteiger partial charge in [-0.05, 0) is 30.1 Å². The summed E-state index contributed by atoms with van der Waals surface area (Å²) in [6.07, 6.45) is 9.25. The second-order valence-electron chi connectivity index (χ2n) is 4.07. The molecule has 0 aliphatic heterocycles. The van der Waals surface area contributed by atoms with Gasteiger partial charge in [0, 0.05) is 18.9 Å². The first-order valence-corrected chi connectivity index (χ1v) is 5.56. The van der Waals surface area contributed by atoms with Crippen LogP contribution in [0.1, 0.15) is 25.7 Å². The lowest BCUT2D eigenvalue weighted by atomic mass is 9.88. The van der Waals surface area contributed by atoms with Crippen molar-refractivity contribution in [3.05, 3.63) is 18.5 Å². The van der Waals surface area contributed by atoms with E-state index in [1.54, 1.807) is 0 Å². The Kier molecular flexibility index (Phi) is 2.63. The van der Waals surface area contributed by atoms with E-state index < -0.39 is 0 Å². The van der Waals surface area contributed by atoms with E-state index in [4.69, 9.17) is 0 Å². The minimum Gasteiger partial charge on any atom is -0.272 e. The van der Waals surface area contributed by atoms with Crippen molar-refractivity contribution >= 4 is 12.6 Å². The van der Waals surface area contributed by atoms with E-state index in [2.05, 4.69) is 17.7 Å². The van der Waals surface area contributed by atoms with Gasteiger partial charge in [-0.15, -0.1) is 0 Å². The summed E-state index contributed by atoms with van der Waals surface area (Å²) in [5.74, 6) is 0.993. The van der Waals surface area contributed by atoms with E-state index in [0.29, 0.717) is 5.41 Å². The summed E-state index contributed by atoms with van der Waals surface area (Å²) in [7, 11) is 0. The van der Waals surface area contributed by atoms with E-state index in [-0.39, 0.29) is 0 Å². The van der Waals surface area contributed by atoms with Crippen LogP contribution >= 0.6 is 12.6 Å². The van der Waals surface area contributed by atoms with Crippen molar-refractivity contribution in [2.75, 3.05) is 5.75 Å².